The van der Waals surface area contributed by atoms with Crippen LogP contribution in [0.2, 0.25) is 0 Å². The largest absolute Gasteiger partial charge is 0.511 e. The summed E-state index contributed by atoms with van der Waals surface area (Å²) in [6.45, 7) is 0. The first kappa shape index (κ1) is 16.4. The normalized spacial score (nSPS) is 17.2. The van der Waals surface area contributed by atoms with Crippen LogP contribution in [0.1, 0.15) is 50.6 Å². The molecule has 1 saturated carbocycles. The van der Waals surface area contributed by atoms with E-state index in [1.807, 2.05) is 0 Å². The summed E-state index contributed by atoms with van der Waals surface area (Å²) >= 11 is 0. The fraction of sp³-hybridized carbons (Fsp3) is 0.529. The number of carbonyl (C=O) groups is 1. The molecular weight excluding hydrogens is 310 g/mol. The van der Waals surface area contributed by atoms with Gasteiger partial charge in [-0.25, -0.2) is 9.50 Å². The quantitative estimate of drug-likeness (QED) is 0.859. The minimum atomic E-state index is -1.03. The Labute approximate surface area is 138 Å². The SMILES string of the molecule is O=C(O)CCC(O)=c1c(=O)cc(CC2CCCCC2)n2ncnc12. The lowest BCUT2D eigenvalue weighted by Crippen LogP contribution is -2.31. The molecule has 0 bridgehead atoms. The fourth-order valence-electron chi connectivity index (χ4n) is 3.47. The molecule has 2 N–H and O–H groups in total. The second-order valence-electron chi connectivity index (χ2n) is 6.42. The zero-order valence-electron chi connectivity index (χ0n) is 13.4. The van der Waals surface area contributed by atoms with Crippen LogP contribution in [-0.2, 0) is 11.2 Å². The van der Waals surface area contributed by atoms with E-state index in [0.717, 1.165) is 25.0 Å². The van der Waals surface area contributed by atoms with Gasteiger partial charge >= 0.3 is 5.97 Å². The van der Waals surface area contributed by atoms with Crippen LogP contribution in [0.15, 0.2) is 17.2 Å². The predicted molar refractivity (Wildman–Crippen MR) is 87.7 cm³/mol. The number of aromatic nitrogens is 3. The molecule has 0 unspecified atom stereocenters. The molecule has 0 aromatic carbocycles. The monoisotopic (exact) mass is 331 g/mol. The van der Waals surface area contributed by atoms with E-state index in [1.165, 1.54) is 31.7 Å². The predicted octanol–water partition coefficient (Wildman–Crippen LogP) is 1.46. The molecule has 2 aromatic rings. The Hall–Kier alpha value is -2.44. The van der Waals surface area contributed by atoms with E-state index in [0.29, 0.717) is 11.6 Å². The molecule has 0 amide bonds. The minimum Gasteiger partial charge on any atom is -0.511 e. The second kappa shape index (κ2) is 6.98. The van der Waals surface area contributed by atoms with Gasteiger partial charge in [-0.2, -0.15) is 5.10 Å². The summed E-state index contributed by atoms with van der Waals surface area (Å²) in [5.41, 5.74) is 0.773. The first-order valence-electron chi connectivity index (χ1n) is 8.36. The Balaban J connectivity index is 2.01. The molecule has 0 aliphatic heterocycles. The third-order valence-corrected chi connectivity index (χ3v) is 4.67. The molecule has 1 fully saturated rings. The van der Waals surface area contributed by atoms with Crippen LogP contribution in [-0.4, -0.2) is 30.8 Å². The van der Waals surface area contributed by atoms with E-state index in [4.69, 9.17) is 5.11 Å². The average Bonchev–Trinajstić information content (AvgIpc) is 3.03. The van der Waals surface area contributed by atoms with Crippen molar-refractivity contribution in [2.45, 2.75) is 51.4 Å². The molecule has 0 atom stereocenters. The van der Waals surface area contributed by atoms with Gasteiger partial charge in [-0.15, -0.1) is 0 Å². The van der Waals surface area contributed by atoms with Crippen molar-refractivity contribution in [1.29, 1.82) is 0 Å². The number of aliphatic hydroxyl groups is 1. The summed E-state index contributed by atoms with van der Waals surface area (Å²) in [5, 5.41) is 23.1. The van der Waals surface area contributed by atoms with Gasteiger partial charge in [-0.3, -0.25) is 9.59 Å². The Kier molecular flexibility index (Phi) is 4.78. The maximum Gasteiger partial charge on any atom is 0.303 e. The third-order valence-electron chi connectivity index (χ3n) is 4.67. The third kappa shape index (κ3) is 3.39. The first-order chi connectivity index (χ1) is 11.6. The number of rotatable bonds is 5. The van der Waals surface area contributed by atoms with E-state index in [2.05, 4.69) is 10.1 Å². The number of nitrogens with zero attached hydrogens (tertiary/aromatic N) is 3. The molecule has 7 heteroatoms. The van der Waals surface area contributed by atoms with Gasteiger partial charge in [0.05, 0.1) is 6.42 Å². The van der Waals surface area contributed by atoms with Gasteiger partial charge in [0.25, 0.3) is 0 Å². The molecule has 1 aliphatic carbocycles. The number of aliphatic carboxylic acids is 1. The fourth-order valence-corrected chi connectivity index (χ4v) is 3.47. The van der Waals surface area contributed by atoms with Crippen LogP contribution in [0.5, 0.6) is 0 Å². The highest BCUT2D eigenvalue weighted by atomic mass is 16.4. The number of carboxylic acid groups (broad SMARTS) is 1. The summed E-state index contributed by atoms with van der Waals surface area (Å²) in [4.78, 5) is 27.2. The van der Waals surface area contributed by atoms with E-state index in [1.54, 1.807) is 4.52 Å². The molecule has 0 saturated heterocycles. The summed E-state index contributed by atoms with van der Waals surface area (Å²) in [5.74, 6) is -0.731. The molecule has 0 spiro atoms. The molecule has 24 heavy (non-hydrogen) atoms. The van der Waals surface area contributed by atoms with E-state index in [-0.39, 0.29) is 29.2 Å². The lowest BCUT2D eigenvalue weighted by Gasteiger charge is -2.21. The number of hydrogen-bond acceptors (Lipinski definition) is 5. The minimum absolute atomic E-state index is 0.0566. The highest BCUT2D eigenvalue weighted by molar-refractivity contribution is 5.68. The van der Waals surface area contributed by atoms with Crippen LogP contribution in [0.4, 0.5) is 0 Å². The van der Waals surface area contributed by atoms with Crippen molar-refractivity contribution < 1.29 is 15.0 Å². The van der Waals surface area contributed by atoms with Gasteiger partial charge in [0.15, 0.2) is 11.1 Å². The van der Waals surface area contributed by atoms with Crippen molar-refractivity contribution in [3.05, 3.63) is 33.5 Å². The number of hydrogen-bond donors (Lipinski definition) is 2. The molecule has 7 nitrogen and oxygen atoms in total. The van der Waals surface area contributed by atoms with Gasteiger partial charge in [-0.1, -0.05) is 32.1 Å². The van der Waals surface area contributed by atoms with Crippen molar-refractivity contribution in [3.63, 3.8) is 0 Å². The maximum atomic E-state index is 12.5. The van der Waals surface area contributed by atoms with Gasteiger partial charge in [0.2, 0.25) is 0 Å². The average molecular weight is 331 g/mol. The van der Waals surface area contributed by atoms with Crippen LogP contribution < -0.4 is 10.6 Å². The highest BCUT2D eigenvalue weighted by Gasteiger charge is 2.18. The molecule has 0 radical (unpaired) electrons. The van der Waals surface area contributed by atoms with Crippen LogP contribution in [0.25, 0.3) is 11.4 Å². The number of fused-ring (bicyclic) bond motifs is 1. The molecule has 128 valence electrons. The van der Waals surface area contributed by atoms with Gasteiger partial charge < -0.3 is 10.2 Å². The molecule has 2 aromatic heterocycles. The molecular formula is C17H21N3O4. The molecule has 2 heterocycles. The van der Waals surface area contributed by atoms with Crippen LogP contribution in [0, 0.1) is 5.92 Å². The summed E-state index contributed by atoms with van der Waals surface area (Å²) in [7, 11) is 0. The smallest absolute Gasteiger partial charge is 0.303 e. The van der Waals surface area contributed by atoms with E-state index < -0.39 is 5.97 Å². The second-order valence-corrected chi connectivity index (χ2v) is 6.42. The molecule has 1 aliphatic rings. The van der Waals surface area contributed by atoms with Crippen molar-refractivity contribution >= 4 is 17.4 Å². The van der Waals surface area contributed by atoms with Crippen molar-refractivity contribution in [2.24, 2.45) is 5.92 Å². The van der Waals surface area contributed by atoms with Gasteiger partial charge in [-0.05, 0) is 12.3 Å². The topological polar surface area (TPSA) is 105 Å². The summed E-state index contributed by atoms with van der Waals surface area (Å²) in [6.07, 6.45) is 7.80. The zero-order valence-corrected chi connectivity index (χ0v) is 13.4. The Morgan fingerprint density at radius 1 is 1.21 bits per heavy atom. The van der Waals surface area contributed by atoms with Gasteiger partial charge in [0.1, 0.15) is 17.3 Å². The van der Waals surface area contributed by atoms with Crippen molar-refractivity contribution in [1.82, 2.24) is 14.6 Å². The standard InChI is InChI=1S/C17H21N3O4/c21-13(6-7-15(23)24)16-14(22)9-12(20-17(16)18-10-19-20)8-11-4-2-1-3-5-11/h9-11,21H,1-8H2,(H,23,24). The van der Waals surface area contributed by atoms with Crippen LogP contribution >= 0.6 is 0 Å². The number of carboxylic acids is 1. The Morgan fingerprint density at radius 2 is 1.96 bits per heavy atom. The van der Waals surface area contributed by atoms with E-state index in [9.17, 15) is 14.7 Å². The summed E-state index contributed by atoms with van der Waals surface area (Å²) < 4.78 is 1.60. The van der Waals surface area contributed by atoms with Gasteiger partial charge in [0, 0.05) is 18.2 Å². The molecule has 3 rings (SSSR count). The lowest BCUT2D eigenvalue weighted by molar-refractivity contribution is -0.136. The number of aliphatic hydroxyl groups excluding tert-OH is 1. The van der Waals surface area contributed by atoms with Crippen LogP contribution in [0.3, 0.4) is 0 Å². The van der Waals surface area contributed by atoms with E-state index >= 15 is 0 Å². The maximum absolute atomic E-state index is 12.5. The first-order valence-corrected chi connectivity index (χ1v) is 8.36. The van der Waals surface area contributed by atoms with Crippen molar-refractivity contribution in [3.8, 4) is 0 Å². The Morgan fingerprint density at radius 3 is 2.67 bits per heavy atom. The number of pyridine rings is 1. The lowest BCUT2D eigenvalue weighted by atomic mass is 9.86. The highest BCUT2D eigenvalue weighted by Crippen LogP contribution is 2.26. The zero-order chi connectivity index (χ0) is 17.1. The summed E-state index contributed by atoms with van der Waals surface area (Å²) in [6, 6.07) is 1.50. The Bertz CT molecular complexity index is 853. The van der Waals surface area contributed by atoms with Crippen molar-refractivity contribution in [2.75, 3.05) is 0 Å².